The molecule has 0 unspecified atom stereocenters. The maximum absolute atomic E-state index is 13.7. The number of nitrogens with zero attached hydrogens (tertiary/aromatic N) is 1. The molecule has 1 aliphatic rings. The second-order valence-corrected chi connectivity index (χ2v) is 9.76. The topological polar surface area (TPSA) is 76.8 Å². The largest absolute Gasteiger partial charge is 0.497 e. The number of ether oxygens (including phenoxy) is 1. The third-order valence-corrected chi connectivity index (χ3v) is 7.26. The molecule has 4 rings (SSSR count). The summed E-state index contributed by atoms with van der Waals surface area (Å²) < 4.78 is 48.7. The van der Waals surface area contributed by atoms with Crippen LogP contribution in [0.1, 0.15) is 28.1 Å². The number of carbonyl (C=O) groups excluding carboxylic acids is 1. The number of halogens is 1. The van der Waals surface area contributed by atoms with Crippen LogP contribution in [0.2, 0.25) is 0 Å². The lowest BCUT2D eigenvalue weighted by atomic mass is 10.1. The van der Waals surface area contributed by atoms with E-state index in [2.05, 4.69) is 0 Å². The van der Waals surface area contributed by atoms with Gasteiger partial charge in [0, 0.05) is 23.5 Å². The van der Waals surface area contributed by atoms with Crippen molar-refractivity contribution >= 4 is 26.7 Å². The van der Waals surface area contributed by atoms with Crippen LogP contribution in [0, 0.1) is 12.7 Å². The number of carbonyl (C=O) groups is 1. The number of rotatable bonds is 5. The number of furan rings is 1. The van der Waals surface area contributed by atoms with Gasteiger partial charge >= 0.3 is 0 Å². The SMILES string of the molecule is COc1ccc(CN(C(=O)c2oc3ccc(F)cc3c2C)[C@@H]2CCS(=O)(=O)C2)cc1. The van der Waals surface area contributed by atoms with Crippen molar-refractivity contribution in [3.63, 3.8) is 0 Å². The molecule has 8 heteroatoms. The highest BCUT2D eigenvalue weighted by molar-refractivity contribution is 7.91. The number of hydrogen-bond donors (Lipinski definition) is 0. The lowest BCUT2D eigenvalue weighted by Crippen LogP contribution is -2.40. The quantitative estimate of drug-likeness (QED) is 0.615. The molecule has 0 saturated carbocycles. The lowest BCUT2D eigenvalue weighted by molar-refractivity contribution is 0.0649. The maximum Gasteiger partial charge on any atom is 0.290 e. The van der Waals surface area contributed by atoms with Gasteiger partial charge in [-0.2, -0.15) is 0 Å². The fourth-order valence-electron chi connectivity index (χ4n) is 3.84. The van der Waals surface area contributed by atoms with E-state index < -0.39 is 27.6 Å². The molecule has 1 amide bonds. The molecule has 0 radical (unpaired) electrons. The van der Waals surface area contributed by atoms with Crippen LogP contribution in [-0.4, -0.2) is 43.9 Å². The Balaban J connectivity index is 1.71. The van der Waals surface area contributed by atoms with Crippen molar-refractivity contribution in [2.45, 2.75) is 25.9 Å². The summed E-state index contributed by atoms with van der Waals surface area (Å²) in [6.45, 7) is 1.93. The Bertz CT molecular complexity index is 1200. The Labute approximate surface area is 174 Å². The molecule has 2 aromatic carbocycles. The fraction of sp³-hybridized carbons (Fsp3) is 0.318. The number of methoxy groups -OCH3 is 1. The minimum absolute atomic E-state index is 0.0500. The number of aryl methyl sites for hydroxylation is 1. The minimum atomic E-state index is -3.19. The highest BCUT2D eigenvalue weighted by atomic mass is 32.2. The molecule has 30 heavy (non-hydrogen) atoms. The number of fused-ring (bicyclic) bond motifs is 1. The highest BCUT2D eigenvalue weighted by Crippen LogP contribution is 2.30. The van der Waals surface area contributed by atoms with Crippen molar-refractivity contribution in [2.75, 3.05) is 18.6 Å². The first kappa shape index (κ1) is 20.4. The number of hydrogen-bond acceptors (Lipinski definition) is 5. The number of sulfone groups is 1. The Morgan fingerprint density at radius 3 is 2.60 bits per heavy atom. The van der Waals surface area contributed by atoms with Crippen LogP contribution in [0.3, 0.4) is 0 Å². The molecular formula is C22H22FNO5S. The van der Waals surface area contributed by atoms with Crippen LogP contribution in [0.4, 0.5) is 4.39 Å². The van der Waals surface area contributed by atoms with E-state index in [1.54, 1.807) is 31.1 Å². The van der Waals surface area contributed by atoms with Gasteiger partial charge in [-0.1, -0.05) is 12.1 Å². The van der Waals surface area contributed by atoms with Gasteiger partial charge in [-0.3, -0.25) is 4.79 Å². The molecule has 1 fully saturated rings. The first-order chi connectivity index (χ1) is 14.3. The first-order valence-corrected chi connectivity index (χ1v) is 11.4. The normalized spacial score (nSPS) is 17.9. The monoisotopic (exact) mass is 431 g/mol. The Kier molecular flexibility index (Phi) is 5.27. The molecule has 0 bridgehead atoms. The molecule has 0 aliphatic carbocycles. The minimum Gasteiger partial charge on any atom is -0.497 e. The zero-order valence-corrected chi connectivity index (χ0v) is 17.5. The summed E-state index contributed by atoms with van der Waals surface area (Å²) in [5.74, 6) is -0.0509. The van der Waals surface area contributed by atoms with Crippen molar-refractivity contribution in [3.05, 3.63) is 65.2 Å². The molecule has 2 heterocycles. The summed E-state index contributed by atoms with van der Waals surface area (Å²) in [6.07, 6.45) is 0.373. The average Bonchev–Trinajstić information content (AvgIpc) is 3.25. The van der Waals surface area contributed by atoms with Crippen LogP contribution in [0.15, 0.2) is 46.9 Å². The van der Waals surface area contributed by atoms with Crippen molar-refractivity contribution < 1.29 is 26.8 Å². The summed E-state index contributed by atoms with van der Waals surface area (Å²) in [5, 5.41) is 0.529. The summed E-state index contributed by atoms with van der Waals surface area (Å²) in [4.78, 5) is 15.0. The van der Waals surface area contributed by atoms with Gasteiger partial charge in [-0.25, -0.2) is 12.8 Å². The molecule has 1 aromatic heterocycles. The van der Waals surface area contributed by atoms with Gasteiger partial charge in [0.05, 0.1) is 18.6 Å². The first-order valence-electron chi connectivity index (χ1n) is 9.60. The fourth-order valence-corrected chi connectivity index (χ4v) is 5.57. The van der Waals surface area contributed by atoms with E-state index in [0.29, 0.717) is 28.7 Å². The van der Waals surface area contributed by atoms with Gasteiger partial charge in [0.15, 0.2) is 15.6 Å². The summed E-state index contributed by atoms with van der Waals surface area (Å²) >= 11 is 0. The Hall–Kier alpha value is -2.87. The summed E-state index contributed by atoms with van der Waals surface area (Å²) in [5.41, 5.74) is 1.80. The highest BCUT2D eigenvalue weighted by Gasteiger charge is 2.36. The van der Waals surface area contributed by atoms with Crippen LogP contribution >= 0.6 is 0 Å². The summed E-state index contributed by atoms with van der Waals surface area (Å²) in [6, 6.07) is 10.9. The van der Waals surface area contributed by atoms with E-state index in [9.17, 15) is 17.6 Å². The average molecular weight is 431 g/mol. The molecule has 1 atom stereocenters. The molecular weight excluding hydrogens is 409 g/mol. The molecule has 0 spiro atoms. The van der Waals surface area contributed by atoms with E-state index in [0.717, 1.165) is 5.56 Å². The van der Waals surface area contributed by atoms with Crippen LogP contribution in [0.25, 0.3) is 11.0 Å². The van der Waals surface area contributed by atoms with E-state index >= 15 is 0 Å². The third kappa shape index (κ3) is 3.92. The van der Waals surface area contributed by atoms with E-state index in [4.69, 9.17) is 9.15 Å². The zero-order valence-electron chi connectivity index (χ0n) is 16.7. The predicted molar refractivity (Wildman–Crippen MR) is 111 cm³/mol. The maximum atomic E-state index is 13.7. The van der Waals surface area contributed by atoms with Gasteiger partial charge in [0.1, 0.15) is 17.1 Å². The van der Waals surface area contributed by atoms with Crippen molar-refractivity contribution in [3.8, 4) is 5.75 Å². The van der Waals surface area contributed by atoms with Gasteiger partial charge < -0.3 is 14.1 Å². The zero-order chi connectivity index (χ0) is 21.5. The molecule has 0 N–H and O–H groups in total. The van der Waals surface area contributed by atoms with E-state index in [-0.39, 0.29) is 23.8 Å². The number of benzene rings is 2. The van der Waals surface area contributed by atoms with Gasteiger partial charge in [0.2, 0.25) is 0 Å². The molecule has 6 nitrogen and oxygen atoms in total. The Morgan fingerprint density at radius 2 is 1.97 bits per heavy atom. The molecule has 1 aliphatic heterocycles. The second-order valence-electron chi connectivity index (χ2n) is 7.53. The second kappa shape index (κ2) is 7.75. The Morgan fingerprint density at radius 1 is 1.23 bits per heavy atom. The van der Waals surface area contributed by atoms with E-state index in [1.165, 1.54) is 18.2 Å². The van der Waals surface area contributed by atoms with Gasteiger partial charge in [-0.15, -0.1) is 0 Å². The van der Waals surface area contributed by atoms with Crippen molar-refractivity contribution in [2.24, 2.45) is 0 Å². The van der Waals surface area contributed by atoms with Crippen molar-refractivity contribution in [1.82, 2.24) is 4.90 Å². The van der Waals surface area contributed by atoms with Gasteiger partial charge in [-0.05, 0) is 49.2 Å². The van der Waals surface area contributed by atoms with Gasteiger partial charge in [0.25, 0.3) is 5.91 Å². The van der Waals surface area contributed by atoms with Crippen LogP contribution < -0.4 is 4.74 Å². The number of amides is 1. The van der Waals surface area contributed by atoms with Crippen molar-refractivity contribution in [1.29, 1.82) is 0 Å². The molecule has 1 saturated heterocycles. The standard InChI is InChI=1S/C22H22FNO5S/c1-14-19-11-16(23)5-8-20(19)29-21(14)22(25)24(17-9-10-30(26,27)13-17)12-15-3-6-18(28-2)7-4-15/h3-8,11,17H,9-10,12-13H2,1-2H3/t17-/m1/s1. The third-order valence-electron chi connectivity index (χ3n) is 5.51. The lowest BCUT2D eigenvalue weighted by Gasteiger charge is -2.28. The summed E-state index contributed by atoms with van der Waals surface area (Å²) in [7, 11) is -1.62. The predicted octanol–water partition coefficient (Wildman–Crippen LogP) is 3.72. The van der Waals surface area contributed by atoms with E-state index in [1.807, 2.05) is 12.1 Å². The van der Waals surface area contributed by atoms with Crippen LogP contribution in [0.5, 0.6) is 5.75 Å². The molecule has 158 valence electrons. The smallest absolute Gasteiger partial charge is 0.290 e. The molecule has 3 aromatic rings. The van der Waals surface area contributed by atoms with Crippen LogP contribution in [-0.2, 0) is 16.4 Å².